The molecule has 2 atom stereocenters. The minimum absolute atomic E-state index is 0.131. The molecule has 20 heavy (non-hydrogen) atoms. The minimum atomic E-state index is 0.131. The van der Waals surface area contributed by atoms with E-state index >= 15 is 0 Å². The van der Waals surface area contributed by atoms with Gasteiger partial charge in [-0.3, -0.25) is 4.79 Å². The lowest BCUT2D eigenvalue weighted by molar-refractivity contribution is -0.126. The standard InChI is InChI=1S/C17H23NO2/c19-17(14-9-5-2-6-10-14)18-15(16-12-20-16)11-13-7-3-1-4-8-13/h1,3-4,7-8,14-16H,2,5-6,9-12H2,(H,18,19)/t15-,16?/m1/s1. The molecule has 1 N–H and O–H groups in total. The Morgan fingerprint density at radius 3 is 2.55 bits per heavy atom. The maximum Gasteiger partial charge on any atom is 0.223 e. The van der Waals surface area contributed by atoms with Crippen LogP contribution in [0.4, 0.5) is 0 Å². The highest BCUT2D eigenvalue weighted by molar-refractivity contribution is 5.79. The van der Waals surface area contributed by atoms with E-state index in [1.54, 1.807) is 0 Å². The zero-order valence-electron chi connectivity index (χ0n) is 11.9. The summed E-state index contributed by atoms with van der Waals surface area (Å²) in [5.41, 5.74) is 1.26. The average Bonchev–Trinajstić information content (AvgIpc) is 3.33. The summed E-state index contributed by atoms with van der Waals surface area (Å²) in [4.78, 5) is 12.4. The Hall–Kier alpha value is -1.35. The molecule has 1 unspecified atom stereocenters. The van der Waals surface area contributed by atoms with Crippen LogP contribution in [-0.2, 0) is 16.0 Å². The van der Waals surface area contributed by atoms with Crippen LogP contribution in [0, 0.1) is 5.92 Å². The molecule has 108 valence electrons. The number of rotatable bonds is 5. The fraction of sp³-hybridized carbons (Fsp3) is 0.588. The van der Waals surface area contributed by atoms with E-state index in [4.69, 9.17) is 4.74 Å². The van der Waals surface area contributed by atoms with Crippen LogP contribution in [0.3, 0.4) is 0 Å². The number of hydrogen-bond donors (Lipinski definition) is 1. The molecule has 1 aromatic carbocycles. The minimum Gasteiger partial charge on any atom is -0.371 e. The van der Waals surface area contributed by atoms with Crippen molar-refractivity contribution in [3.8, 4) is 0 Å². The summed E-state index contributed by atoms with van der Waals surface area (Å²) in [5.74, 6) is 0.460. The molecule has 3 heteroatoms. The van der Waals surface area contributed by atoms with E-state index in [1.807, 2.05) is 18.2 Å². The number of nitrogens with one attached hydrogen (secondary N) is 1. The molecule has 1 saturated carbocycles. The fourth-order valence-electron chi connectivity index (χ4n) is 3.10. The lowest BCUT2D eigenvalue weighted by atomic mass is 9.88. The summed E-state index contributed by atoms with van der Waals surface area (Å²) in [5, 5.41) is 3.23. The monoisotopic (exact) mass is 273 g/mol. The highest BCUT2D eigenvalue weighted by Gasteiger charge is 2.35. The largest absolute Gasteiger partial charge is 0.371 e. The van der Waals surface area contributed by atoms with Gasteiger partial charge in [0.2, 0.25) is 5.91 Å². The number of hydrogen-bond acceptors (Lipinski definition) is 2. The first-order chi connectivity index (χ1) is 9.83. The molecular formula is C17H23NO2. The van der Waals surface area contributed by atoms with Crippen LogP contribution in [0.1, 0.15) is 37.7 Å². The smallest absolute Gasteiger partial charge is 0.223 e. The van der Waals surface area contributed by atoms with Gasteiger partial charge in [0.15, 0.2) is 0 Å². The van der Waals surface area contributed by atoms with E-state index in [2.05, 4.69) is 17.4 Å². The van der Waals surface area contributed by atoms with Gasteiger partial charge in [0.05, 0.1) is 12.6 Å². The van der Waals surface area contributed by atoms with Crippen molar-refractivity contribution in [1.82, 2.24) is 5.32 Å². The molecule has 3 nitrogen and oxygen atoms in total. The Kier molecular flexibility index (Phi) is 4.36. The Labute approximate surface area is 120 Å². The Morgan fingerprint density at radius 1 is 1.20 bits per heavy atom. The molecule has 1 amide bonds. The molecule has 1 aromatic rings. The van der Waals surface area contributed by atoms with Crippen molar-refractivity contribution in [2.24, 2.45) is 5.92 Å². The van der Waals surface area contributed by atoms with Crippen molar-refractivity contribution in [2.75, 3.05) is 6.61 Å². The summed E-state index contributed by atoms with van der Waals surface area (Å²) in [6, 6.07) is 10.5. The number of carbonyl (C=O) groups is 1. The topological polar surface area (TPSA) is 41.6 Å². The van der Waals surface area contributed by atoms with Gasteiger partial charge < -0.3 is 10.1 Å². The van der Waals surface area contributed by atoms with Crippen LogP contribution in [0.15, 0.2) is 30.3 Å². The Morgan fingerprint density at radius 2 is 1.90 bits per heavy atom. The van der Waals surface area contributed by atoms with Gasteiger partial charge in [-0.15, -0.1) is 0 Å². The molecule has 1 heterocycles. The zero-order chi connectivity index (χ0) is 13.8. The van der Waals surface area contributed by atoms with Crippen LogP contribution in [0.5, 0.6) is 0 Å². The maximum atomic E-state index is 12.4. The molecule has 0 aromatic heterocycles. The van der Waals surface area contributed by atoms with E-state index in [1.165, 1.54) is 24.8 Å². The van der Waals surface area contributed by atoms with Crippen molar-refractivity contribution in [3.05, 3.63) is 35.9 Å². The molecule has 0 radical (unpaired) electrons. The predicted molar refractivity (Wildman–Crippen MR) is 78.4 cm³/mol. The van der Waals surface area contributed by atoms with Crippen molar-refractivity contribution in [3.63, 3.8) is 0 Å². The third-order valence-electron chi connectivity index (χ3n) is 4.41. The molecule has 0 bridgehead atoms. The zero-order valence-corrected chi connectivity index (χ0v) is 11.9. The van der Waals surface area contributed by atoms with E-state index in [9.17, 15) is 4.79 Å². The first-order valence-corrected chi connectivity index (χ1v) is 7.79. The highest BCUT2D eigenvalue weighted by atomic mass is 16.6. The molecule has 1 aliphatic heterocycles. The van der Waals surface area contributed by atoms with Crippen LogP contribution in [-0.4, -0.2) is 24.7 Å². The third-order valence-corrected chi connectivity index (χ3v) is 4.41. The van der Waals surface area contributed by atoms with Crippen LogP contribution in [0.2, 0.25) is 0 Å². The van der Waals surface area contributed by atoms with Crippen molar-refractivity contribution < 1.29 is 9.53 Å². The van der Waals surface area contributed by atoms with Crippen LogP contribution < -0.4 is 5.32 Å². The van der Waals surface area contributed by atoms with E-state index < -0.39 is 0 Å². The second-order valence-electron chi connectivity index (χ2n) is 6.01. The van der Waals surface area contributed by atoms with Gasteiger partial charge in [0.25, 0.3) is 0 Å². The second-order valence-corrected chi connectivity index (χ2v) is 6.01. The number of ether oxygens (including phenoxy) is 1. The molecular weight excluding hydrogens is 250 g/mol. The lowest BCUT2D eigenvalue weighted by Crippen LogP contribution is -2.43. The first-order valence-electron chi connectivity index (χ1n) is 7.79. The normalized spacial score (nSPS) is 24.1. The van der Waals surface area contributed by atoms with E-state index in [0.29, 0.717) is 0 Å². The second kappa shape index (κ2) is 6.40. The molecule has 1 saturated heterocycles. The van der Waals surface area contributed by atoms with Gasteiger partial charge in [-0.25, -0.2) is 0 Å². The van der Waals surface area contributed by atoms with Gasteiger partial charge in [0, 0.05) is 5.92 Å². The maximum absolute atomic E-state index is 12.4. The Balaban J connectivity index is 1.58. The molecule has 0 spiro atoms. The van der Waals surface area contributed by atoms with E-state index in [-0.39, 0.29) is 24.0 Å². The highest BCUT2D eigenvalue weighted by Crippen LogP contribution is 2.25. The molecule has 1 aliphatic carbocycles. The molecule has 3 rings (SSSR count). The quantitative estimate of drug-likeness (QED) is 0.838. The summed E-state index contributed by atoms with van der Waals surface area (Å²) < 4.78 is 5.42. The van der Waals surface area contributed by atoms with Gasteiger partial charge in [-0.05, 0) is 24.8 Å². The summed E-state index contributed by atoms with van der Waals surface area (Å²) in [7, 11) is 0. The number of carbonyl (C=O) groups excluding carboxylic acids is 1. The third kappa shape index (κ3) is 3.60. The Bertz CT molecular complexity index is 436. The van der Waals surface area contributed by atoms with Crippen molar-refractivity contribution in [2.45, 2.75) is 50.7 Å². The van der Waals surface area contributed by atoms with Gasteiger partial charge in [-0.1, -0.05) is 49.6 Å². The summed E-state index contributed by atoms with van der Waals surface area (Å²) in [6.45, 7) is 0.780. The van der Waals surface area contributed by atoms with Gasteiger partial charge in [-0.2, -0.15) is 0 Å². The van der Waals surface area contributed by atoms with Crippen molar-refractivity contribution >= 4 is 5.91 Å². The summed E-state index contributed by atoms with van der Waals surface area (Å²) >= 11 is 0. The van der Waals surface area contributed by atoms with Gasteiger partial charge in [0.1, 0.15) is 6.10 Å². The average molecular weight is 273 g/mol. The fourth-order valence-corrected chi connectivity index (χ4v) is 3.10. The first kappa shape index (κ1) is 13.6. The number of benzene rings is 1. The summed E-state index contributed by atoms with van der Waals surface area (Å²) in [6.07, 6.45) is 6.85. The number of epoxide rings is 1. The predicted octanol–water partition coefficient (Wildman–Crippen LogP) is 2.69. The lowest BCUT2D eigenvalue weighted by Gasteiger charge is -2.24. The van der Waals surface area contributed by atoms with Crippen LogP contribution in [0.25, 0.3) is 0 Å². The molecule has 2 aliphatic rings. The van der Waals surface area contributed by atoms with E-state index in [0.717, 1.165) is 25.9 Å². The number of amides is 1. The van der Waals surface area contributed by atoms with Gasteiger partial charge >= 0.3 is 0 Å². The SMILES string of the molecule is O=C(N[C@H](Cc1ccccc1)C1CO1)C1CCCCC1. The van der Waals surface area contributed by atoms with Crippen molar-refractivity contribution in [1.29, 1.82) is 0 Å². The molecule has 2 fully saturated rings. The van der Waals surface area contributed by atoms with Crippen LogP contribution >= 0.6 is 0 Å².